The van der Waals surface area contributed by atoms with Crippen molar-refractivity contribution < 1.29 is 4.39 Å². The lowest BCUT2D eigenvalue weighted by Crippen LogP contribution is -1.91. The summed E-state index contributed by atoms with van der Waals surface area (Å²) in [6, 6.07) is 6.14. The summed E-state index contributed by atoms with van der Waals surface area (Å²) in [7, 11) is 0. The highest BCUT2D eigenvalue weighted by Gasteiger charge is 2.17. The molecule has 2 heterocycles. The number of aromatic nitrogens is 3. The zero-order valence-electron chi connectivity index (χ0n) is 11.2. The number of anilines is 1. The number of nitrogens with two attached hydrogens (primary N) is 1. The monoisotopic (exact) mass is 302 g/mol. The summed E-state index contributed by atoms with van der Waals surface area (Å²) < 4.78 is 13.2. The number of nitrogens with one attached hydrogen (secondary N) is 1. The number of H-pyrrole nitrogens is 1. The van der Waals surface area contributed by atoms with Crippen LogP contribution in [0.1, 0.15) is 5.56 Å². The molecule has 1 aromatic carbocycles. The van der Waals surface area contributed by atoms with E-state index in [1.807, 2.05) is 13.0 Å². The first kappa shape index (κ1) is 13.6. The average molecular weight is 303 g/mol. The summed E-state index contributed by atoms with van der Waals surface area (Å²) in [4.78, 5) is 4.16. The highest BCUT2D eigenvalue weighted by Crippen LogP contribution is 2.38. The minimum absolute atomic E-state index is 0.282. The molecule has 0 bridgehead atoms. The molecule has 0 radical (unpaired) electrons. The van der Waals surface area contributed by atoms with Gasteiger partial charge in [0.15, 0.2) is 5.82 Å². The molecule has 0 amide bonds. The molecule has 0 spiro atoms. The summed E-state index contributed by atoms with van der Waals surface area (Å²) in [6.45, 7) is 1.95. The molecular formula is C15H12ClFN4. The van der Waals surface area contributed by atoms with Gasteiger partial charge in [-0.15, -0.1) is 0 Å². The normalized spacial score (nSPS) is 10.8. The molecule has 0 saturated carbocycles. The fourth-order valence-electron chi connectivity index (χ4n) is 2.22. The molecular weight excluding hydrogens is 291 g/mol. The second kappa shape index (κ2) is 5.18. The maximum absolute atomic E-state index is 13.2. The Bertz CT molecular complexity index is 813. The van der Waals surface area contributed by atoms with E-state index < -0.39 is 5.82 Å². The van der Waals surface area contributed by atoms with E-state index in [2.05, 4.69) is 15.2 Å². The number of benzene rings is 1. The Morgan fingerprint density at radius 2 is 2.05 bits per heavy atom. The molecule has 0 atom stereocenters. The number of nitrogens with zero attached hydrogens (tertiary/aromatic N) is 2. The topological polar surface area (TPSA) is 67.6 Å². The van der Waals surface area contributed by atoms with Crippen LogP contribution in [0.25, 0.3) is 22.4 Å². The molecule has 2 aromatic heterocycles. The third-order valence-corrected chi connectivity index (χ3v) is 3.47. The van der Waals surface area contributed by atoms with Crippen molar-refractivity contribution >= 4 is 17.4 Å². The number of hydrogen-bond donors (Lipinski definition) is 2. The zero-order valence-corrected chi connectivity index (χ0v) is 11.9. The van der Waals surface area contributed by atoms with Gasteiger partial charge in [0.25, 0.3) is 0 Å². The molecule has 4 nitrogen and oxygen atoms in total. The second-order valence-corrected chi connectivity index (χ2v) is 5.14. The third kappa shape index (κ3) is 2.48. The van der Waals surface area contributed by atoms with Gasteiger partial charge < -0.3 is 5.73 Å². The van der Waals surface area contributed by atoms with E-state index in [1.165, 1.54) is 12.1 Å². The zero-order chi connectivity index (χ0) is 15.0. The van der Waals surface area contributed by atoms with Gasteiger partial charge in [0, 0.05) is 23.5 Å². The molecule has 0 aliphatic heterocycles. The molecule has 3 rings (SSSR count). The van der Waals surface area contributed by atoms with Gasteiger partial charge in [0.1, 0.15) is 5.82 Å². The molecule has 3 N–H and O–H groups in total. The van der Waals surface area contributed by atoms with E-state index in [9.17, 15) is 4.39 Å². The summed E-state index contributed by atoms with van der Waals surface area (Å²) in [5.74, 6) is -0.0930. The summed E-state index contributed by atoms with van der Waals surface area (Å²) in [5, 5.41) is 7.21. The minimum atomic E-state index is -0.399. The first-order valence-electron chi connectivity index (χ1n) is 6.27. The number of pyridine rings is 1. The number of halogens is 2. The van der Waals surface area contributed by atoms with Crippen LogP contribution in [0.15, 0.2) is 36.7 Å². The molecule has 0 saturated heterocycles. The molecule has 106 valence electrons. The summed E-state index contributed by atoms with van der Waals surface area (Å²) >= 11 is 6.13. The van der Waals surface area contributed by atoms with Crippen molar-refractivity contribution in [3.63, 3.8) is 0 Å². The Balaban J connectivity index is 2.22. The quantitative estimate of drug-likeness (QED) is 0.756. The van der Waals surface area contributed by atoms with Gasteiger partial charge in [0.05, 0.1) is 16.3 Å². The van der Waals surface area contributed by atoms with E-state index in [1.54, 1.807) is 18.5 Å². The Hall–Kier alpha value is -2.40. The maximum Gasteiger partial charge on any atom is 0.153 e. The van der Waals surface area contributed by atoms with Crippen molar-refractivity contribution in [2.75, 3.05) is 5.73 Å². The van der Waals surface area contributed by atoms with Crippen molar-refractivity contribution in [2.45, 2.75) is 6.92 Å². The van der Waals surface area contributed by atoms with Gasteiger partial charge in [-0.25, -0.2) is 4.39 Å². The Morgan fingerprint density at radius 3 is 2.76 bits per heavy atom. The standard InChI is InChI=1S/C15H12ClFN4/c1-8-4-9(7-19-6-8)14-13(15(18)21-20-14)11-3-2-10(17)5-12(11)16/h2-7H,1H3,(H3,18,20,21). The fraction of sp³-hybridized carbons (Fsp3) is 0.0667. The predicted octanol–water partition coefficient (Wildman–Crippen LogP) is 3.82. The van der Waals surface area contributed by atoms with E-state index >= 15 is 0 Å². The predicted molar refractivity (Wildman–Crippen MR) is 81.4 cm³/mol. The molecule has 0 fully saturated rings. The van der Waals surface area contributed by atoms with Crippen LogP contribution < -0.4 is 5.73 Å². The molecule has 0 aliphatic rings. The second-order valence-electron chi connectivity index (χ2n) is 4.73. The van der Waals surface area contributed by atoms with E-state index in [4.69, 9.17) is 17.3 Å². The van der Waals surface area contributed by atoms with Crippen LogP contribution in [0.5, 0.6) is 0 Å². The van der Waals surface area contributed by atoms with Crippen LogP contribution in [0.4, 0.5) is 10.2 Å². The summed E-state index contributed by atoms with van der Waals surface area (Å²) in [5.41, 5.74) is 9.77. The lowest BCUT2D eigenvalue weighted by atomic mass is 10.0. The molecule has 6 heteroatoms. The Morgan fingerprint density at radius 1 is 1.24 bits per heavy atom. The first-order valence-corrected chi connectivity index (χ1v) is 6.65. The highest BCUT2D eigenvalue weighted by molar-refractivity contribution is 6.33. The molecule has 0 unspecified atom stereocenters. The van der Waals surface area contributed by atoms with Crippen LogP contribution in [0.3, 0.4) is 0 Å². The van der Waals surface area contributed by atoms with E-state index in [-0.39, 0.29) is 5.02 Å². The highest BCUT2D eigenvalue weighted by atomic mass is 35.5. The maximum atomic E-state index is 13.2. The van der Waals surface area contributed by atoms with Gasteiger partial charge in [0.2, 0.25) is 0 Å². The van der Waals surface area contributed by atoms with E-state index in [0.29, 0.717) is 22.6 Å². The smallest absolute Gasteiger partial charge is 0.153 e. The molecule has 21 heavy (non-hydrogen) atoms. The van der Waals surface area contributed by atoms with Crippen LogP contribution in [-0.2, 0) is 0 Å². The van der Waals surface area contributed by atoms with Crippen molar-refractivity contribution in [3.05, 3.63) is 53.1 Å². The van der Waals surface area contributed by atoms with Crippen molar-refractivity contribution in [1.82, 2.24) is 15.2 Å². The number of aromatic amines is 1. The Labute approximate surface area is 125 Å². The largest absolute Gasteiger partial charge is 0.382 e. The van der Waals surface area contributed by atoms with Gasteiger partial charge in [-0.05, 0) is 36.8 Å². The van der Waals surface area contributed by atoms with Gasteiger partial charge in [-0.2, -0.15) is 5.10 Å². The van der Waals surface area contributed by atoms with E-state index in [0.717, 1.165) is 11.1 Å². The number of aryl methyl sites for hydroxylation is 1. The van der Waals surface area contributed by atoms with Gasteiger partial charge >= 0.3 is 0 Å². The van der Waals surface area contributed by atoms with Gasteiger partial charge in [-0.3, -0.25) is 10.1 Å². The lowest BCUT2D eigenvalue weighted by molar-refractivity contribution is 0.628. The SMILES string of the molecule is Cc1cncc(-c2[nH]nc(N)c2-c2ccc(F)cc2Cl)c1. The first-order chi connectivity index (χ1) is 10.1. The minimum Gasteiger partial charge on any atom is -0.382 e. The number of hydrogen-bond acceptors (Lipinski definition) is 3. The van der Waals surface area contributed by atoms with Crippen molar-refractivity contribution in [3.8, 4) is 22.4 Å². The number of nitrogen functional groups attached to an aromatic ring is 1. The summed E-state index contributed by atoms with van der Waals surface area (Å²) in [6.07, 6.45) is 3.47. The van der Waals surface area contributed by atoms with Crippen LogP contribution in [-0.4, -0.2) is 15.2 Å². The fourth-order valence-corrected chi connectivity index (χ4v) is 2.48. The number of rotatable bonds is 2. The van der Waals surface area contributed by atoms with Crippen LogP contribution in [0, 0.1) is 12.7 Å². The third-order valence-electron chi connectivity index (χ3n) is 3.16. The van der Waals surface area contributed by atoms with Crippen molar-refractivity contribution in [1.29, 1.82) is 0 Å². The van der Waals surface area contributed by atoms with Gasteiger partial charge in [-0.1, -0.05) is 11.6 Å². The average Bonchev–Trinajstić information content (AvgIpc) is 2.81. The van der Waals surface area contributed by atoms with Crippen LogP contribution in [0.2, 0.25) is 5.02 Å². The lowest BCUT2D eigenvalue weighted by Gasteiger charge is -2.07. The molecule has 3 aromatic rings. The van der Waals surface area contributed by atoms with Crippen LogP contribution >= 0.6 is 11.6 Å². The molecule has 0 aliphatic carbocycles. The van der Waals surface area contributed by atoms with Crippen molar-refractivity contribution in [2.24, 2.45) is 0 Å². The Kier molecular flexibility index (Phi) is 3.35.